The first-order valence-electron chi connectivity index (χ1n) is 9.59. The van der Waals surface area contributed by atoms with Crippen LogP contribution in [0.5, 0.6) is 5.75 Å². The minimum atomic E-state index is -0.803. The van der Waals surface area contributed by atoms with Gasteiger partial charge in [0.2, 0.25) is 5.91 Å². The lowest BCUT2D eigenvalue weighted by Crippen LogP contribution is -2.50. The van der Waals surface area contributed by atoms with Gasteiger partial charge >= 0.3 is 6.09 Å². The van der Waals surface area contributed by atoms with E-state index in [0.29, 0.717) is 32.6 Å². The number of piperazine rings is 1. The molecule has 0 bridgehead atoms. The van der Waals surface area contributed by atoms with Crippen molar-refractivity contribution in [3.63, 3.8) is 0 Å². The van der Waals surface area contributed by atoms with Crippen molar-refractivity contribution in [2.75, 3.05) is 39.3 Å². The Morgan fingerprint density at radius 2 is 1.87 bits per heavy atom. The van der Waals surface area contributed by atoms with Crippen LogP contribution in [0.4, 0.5) is 10.5 Å². The maximum absolute atomic E-state index is 12.1. The molecule has 1 saturated heterocycles. The van der Waals surface area contributed by atoms with Crippen molar-refractivity contribution in [3.05, 3.63) is 32.8 Å². The second kappa shape index (κ2) is 9.94. The molecule has 1 fully saturated rings. The number of ether oxygens (including phenoxy) is 2. The van der Waals surface area contributed by atoms with Crippen LogP contribution in [-0.2, 0) is 4.74 Å². The molecule has 166 valence electrons. The van der Waals surface area contributed by atoms with Gasteiger partial charge in [-0.3, -0.25) is 19.8 Å². The first-order valence-corrected chi connectivity index (χ1v) is 9.96. The van der Waals surface area contributed by atoms with Crippen molar-refractivity contribution in [1.82, 2.24) is 9.80 Å². The van der Waals surface area contributed by atoms with Gasteiger partial charge in [-0.05, 0) is 33.3 Å². The van der Waals surface area contributed by atoms with Crippen molar-refractivity contribution >= 4 is 29.3 Å². The Hall–Kier alpha value is -2.59. The lowest BCUT2D eigenvalue weighted by Gasteiger charge is -2.35. The quantitative estimate of drug-likeness (QED) is 0.390. The molecule has 0 aromatic heterocycles. The molecule has 11 heteroatoms. The molecule has 1 aliphatic heterocycles. The number of nitro groups is 1. The fourth-order valence-electron chi connectivity index (χ4n) is 2.91. The molecule has 0 radical (unpaired) electrons. The summed E-state index contributed by atoms with van der Waals surface area (Å²) in [5.74, 6) is -0.753. The van der Waals surface area contributed by atoms with Crippen LogP contribution in [0.2, 0.25) is 5.02 Å². The van der Waals surface area contributed by atoms with E-state index in [2.05, 4.69) is 4.90 Å². The first kappa shape index (κ1) is 23.7. The van der Waals surface area contributed by atoms with Crippen LogP contribution in [0.1, 0.15) is 37.6 Å². The molecular weight excluding hydrogens is 416 g/mol. The van der Waals surface area contributed by atoms with Crippen molar-refractivity contribution in [3.8, 4) is 5.75 Å². The van der Waals surface area contributed by atoms with Crippen molar-refractivity contribution in [2.24, 2.45) is 5.73 Å². The number of rotatable bonds is 7. The number of hydrogen-bond acceptors (Lipinski definition) is 7. The highest BCUT2D eigenvalue weighted by atomic mass is 35.5. The number of nitro benzene ring substituents is 1. The normalized spacial score (nSPS) is 15.0. The van der Waals surface area contributed by atoms with Gasteiger partial charge in [0.05, 0.1) is 11.5 Å². The predicted molar refractivity (Wildman–Crippen MR) is 111 cm³/mol. The number of hydrogen-bond donors (Lipinski definition) is 1. The topological polar surface area (TPSA) is 128 Å². The zero-order chi connectivity index (χ0) is 22.5. The summed E-state index contributed by atoms with van der Waals surface area (Å²) in [6.07, 6.45) is 0.327. The van der Waals surface area contributed by atoms with Crippen LogP contribution in [0.3, 0.4) is 0 Å². The van der Waals surface area contributed by atoms with Gasteiger partial charge in [0, 0.05) is 44.4 Å². The molecule has 2 N–H and O–H groups in total. The smallest absolute Gasteiger partial charge is 0.410 e. The van der Waals surface area contributed by atoms with Crippen LogP contribution >= 0.6 is 11.6 Å². The summed E-state index contributed by atoms with van der Waals surface area (Å²) in [7, 11) is 0. The maximum Gasteiger partial charge on any atom is 0.410 e. The summed E-state index contributed by atoms with van der Waals surface area (Å²) in [6, 6.07) is 2.33. The van der Waals surface area contributed by atoms with E-state index in [-0.39, 0.29) is 29.0 Å². The lowest BCUT2D eigenvalue weighted by molar-refractivity contribution is -0.384. The van der Waals surface area contributed by atoms with Crippen LogP contribution < -0.4 is 10.5 Å². The number of nitrogens with two attached hydrogens (primary N) is 1. The Morgan fingerprint density at radius 1 is 1.23 bits per heavy atom. The largest absolute Gasteiger partial charge is 0.492 e. The highest BCUT2D eigenvalue weighted by molar-refractivity contribution is 6.34. The lowest BCUT2D eigenvalue weighted by atomic mass is 10.2. The summed E-state index contributed by atoms with van der Waals surface area (Å²) in [5, 5.41) is 10.9. The van der Waals surface area contributed by atoms with Gasteiger partial charge in [-0.25, -0.2) is 4.79 Å². The molecule has 1 aromatic carbocycles. The molecule has 0 spiro atoms. The van der Waals surface area contributed by atoms with Gasteiger partial charge in [0.25, 0.3) is 5.69 Å². The standard InChI is InChI=1S/C19H27ClN4O6/c1-19(2,3)30-18(26)23-8-6-22(7-9-23)5-4-10-29-15-12-13(17(21)25)11-14(16(15)20)24(27)28/h11-12H,4-10H2,1-3H3,(H2,21,25). The molecule has 0 atom stereocenters. The van der Waals surface area contributed by atoms with E-state index in [4.69, 9.17) is 26.8 Å². The number of amides is 2. The summed E-state index contributed by atoms with van der Waals surface area (Å²) < 4.78 is 10.9. The van der Waals surface area contributed by atoms with Gasteiger partial charge in [0.1, 0.15) is 11.4 Å². The average Bonchev–Trinajstić information content (AvgIpc) is 2.65. The first-order chi connectivity index (χ1) is 14.0. The Balaban J connectivity index is 1.82. The molecule has 2 amide bonds. The average molecular weight is 443 g/mol. The number of carbonyl (C=O) groups is 2. The SMILES string of the molecule is CC(C)(C)OC(=O)N1CCN(CCCOc2cc(C(N)=O)cc([N+](=O)[O-])c2Cl)CC1. The van der Waals surface area contributed by atoms with Crippen molar-refractivity contribution < 1.29 is 24.0 Å². The molecule has 0 saturated carbocycles. The number of primary amides is 1. The zero-order valence-corrected chi connectivity index (χ0v) is 18.1. The van der Waals surface area contributed by atoms with Crippen LogP contribution in [-0.4, -0.2) is 71.7 Å². The van der Waals surface area contributed by atoms with Crippen molar-refractivity contribution in [2.45, 2.75) is 32.8 Å². The third-order valence-electron chi connectivity index (χ3n) is 4.40. The number of benzene rings is 1. The van der Waals surface area contributed by atoms with E-state index < -0.39 is 22.1 Å². The maximum atomic E-state index is 12.1. The molecule has 2 rings (SSSR count). The summed E-state index contributed by atoms with van der Waals surface area (Å²) in [5.41, 5.74) is 4.22. The van der Waals surface area contributed by atoms with Crippen LogP contribution in [0, 0.1) is 10.1 Å². The van der Waals surface area contributed by atoms with E-state index in [9.17, 15) is 19.7 Å². The minimum Gasteiger partial charge on any atom is -0.492 e. The second-order valence-electron chi connectivity index (χ2n) is 7.94. The second-order valence-corrected chi connectivity index (χ2v) is 8.32. The molecule has 1 aromatic rings. The zero-order valence-electron chi connectivity index (χ0n) is 17.4. The number of carbonyl (C=O) groups excluding carboxylic acids is 2. The number of halogens is 1. The summed E-state index contributed by atoms with van der Waals surface area (Å²) in [4.78, 5) is 37.8. The molecular formula is C19H27ClN4O6. The fourth-order valence-corrected chi connectivity index (χ4v) is 3.15. The van der Waals surface area contributed by atoms with Gasteiger partial charge in [0.15, 0.2) is 5.02 Å². The highest BCUT2D eigenvalue weighted by Crippen LogP contribution is 2.35. The van der Waals surface area contributed by atoms with Crippen LogP contribution in [0.15, 0.2) is 12.1 Å². The van der Waals surface area contributed by atoms with Gasteiger partial charge in [-0.2, -0.15) is 0 Å². The number of nitrogens with zero attached hydrogens (tertiary/aromatic N) is 3. The molecule has 1 aliphatic rings. The Morgan fingerprint density at radius 3 is 2.40 bits per heavy atom. The monoisotopic (exact) mass is 442 g/mol. The molecule has 30 heavy (non-hydrogen) atoms. The molecule has 0 aliphatic carbocycles. The third kappa shape index (κ3) is 6.74. The van der Waals surface area contributed by atoms with E-state index in [1.165, 1.54) is 6.07 Å². The summed E-state index contributed by atoms with van der Waals surface area (Å²) in [6.45, 7) is 9.06. The van der Waals surface area contributed by atoms with E-state index >= 15 is 0 Å². The molecule has 0 unspecified atom stereocenters. The molecule has 1 heterocycles. The van der Waals surface area contributed by atoms with Crippen LogP contribution in [0.25, 0.3) is 0 Å². The highest BCUT2D eigenvalue weighted by Gasteiger charge is 2.26. The third-order valence-corrected chi connectivity index (χ3v) is 4.78. The fraction of sp³-hybridized carbons (Fsp3) is 0.579. The minimum absolute atomic E-state index is 0.0423. The predicted octanol–water partition coefficient (Wildman–Crippen LogP) is 2.67. The van der Waals surface area contributed by atoms with E-state index in [0.717, 1.165) is 12.6 Å². The van der Waals surface area contributed by atoms with Gasteiger partial charge in [-0.1, -0.05) is 11.6 Å². The Kier molecular flexibility index (Phi) is 7.85. The van der Waals surface area contributed by atoms with Gasteiger partial charge < -0.3 is 20.1 Å². The van der Waals surface area contributed by atoms with Gasteiger partial charge in [-0.15, -0.1) is 0 Å². The van der Waals surface area contributed by atoms with E-state index in [1.807, 2.05) is 20.8 Å². The Labute approximate surface area is 180 Å². The van der Waals surface area contributed by atoms with E-state index in [1.54, 1.807) is 4.90 Å². The Bertz CT molecular complexity index is 803. The van der Waals surface area contributed by atoms with Crippen molar-refractivity contribution in [1.29, 1.82) is 0 Å². The molecule has 10 nitrogen and oxygen atoms in total. The summed E-state index contributed by atoms with van der Waals surface area (Å²) >= 11 is 6.02.